The lowest BCUT2D eigenvalue weighted by atomic mass is 9.86. The van der Waals surface area contributed by atoms with Crippen LogP contribution < -0.4 is 10.6 Å². The summed E-state index contributed by atoms with van der Waals surface area (Å²) in [4.78, 5) is 24.2. The predicted octanol–water partition coefficient (Wildman–Crippen LogP) is 1.05. The smallest absolute Gasteiger partial charge is 0.308 e. The van der Waals surface area contributed by atoms with Crippen LogP contribution in [0.5, 0.6) is 0 Å². The van der Waals surface area contributed by atoms with E-state index < -0.39 is 0 Å². The van der Waals surface area contributed by atoms with Crippen molar-refractivity contribution in [2.45, 2.75) is 57.5 Å². The molecule has 0 aromatic carbocycles. The molecule has 3 rings (SSSR count). The highest BCUT2D eigenvalue weighted by molar-refractivity contribution is 5.92. The number of piperidine rings is 1. The second kappa shape index (κ2) is 8.42. The molecule has 25 heavy (non-hydrogen) atoms. The van der Waals surface area contributed by atoms with E-state index in [9.17, 15) is 9.59 Å². The summed E-state index contributed by atoms with van der Waals surface area (Å²) in [5, 5.41) is 14.5. The summed E-state index contributed by atoms with van der Waals surface area (Å²) in [7, 11) is 0. The van der Waals surface area contributed by atoms with Crippen molar-refractivity contribution in [1.29, 1.82) is 0 Å². The van der Waals surface area contributed by atoms with Crippen LogP contribution in [0.1, 0.15) is 62.0 Å². The lowest BCUT2D eigenvalue weighted by Crippen LogP contribution is -2.39. The Hall–Kier alpha value is -1.96. The number of esters is 1. The van der Waals surface area contributed by atoms with Crippen LogP contribution >= 0.6 is 0 Å². The van der Waals surface area contributed by atoms with E-state index in [1.807, 2.05) is 11.6 Å². The molecule has 2 heterocycles. The first-order valence-corrected chi connectivity index (χ1v) is 9.27. The van der Waals surface area contributed by atoms with Crippen molar-refractivity contribution in [3.63, 3.8) is 0 Å². The third-order valence-electron chi connectivity index (χ3n) is 5.11. The Labute approximate surface area is 147 Å². The zero-order valence-electron chi connectivity index (χ0n) is 14.7. The Kier molecular flexibility index (Phi) is 6.01. The Morgan fingerprint density at radius 1 is 1.24 bits per heavy atom. The average molecular weight is 349 g/mol. The number of nitrogens with one attached hydrogen (secondary N) is 2. The number of rotatable bonds is 5. The van der Waals surface area contributed by atoms with Crippen LogP contribution in [0.25, 0.3) is 0 Å². The van der Waals surface area contributed by atoms with Gasteiger partial charge in [0.1, 0.15) is 0 Å². The third-order valence-corrected chi connectivity index (χ3v) is 5.11. The van der Waals surface area contributed by atoms with Gasteiger partial charge in [-0.25, -0.2) is 4.68 Å². The fourth-order valence-corrected chi connectivity index (χ4v) is 3.62. The monoisotopic (exact) mass is 349 g/mol. The Morgan fingerprint density at radius 3 is 2.64 bits per heavy atom. The molecule has 2 aliphatic rings. The number of nitrogens with zero attached hydrogens (tertiary/aromatic N) is 3. The first-order valence-electron chi connectivity index (χ1n) is 9.27. The maximum Gasteiger partial charge on any atom is 0.308 e. The minimum atomic E-state index is -0.181. The fraction of sp³-hybridized carbons (Fsp3) is 0.765. The van der Waals surface area contributed by atoms with Gasteiger partial charge in [0.05, 0.1) is 24.8 Å². The number of ether oxygens (including phenoxy) is 1. The Bertz CT molecular complexity index is 589. The van der Waals surface area contributed by atoms with Gasteiger partial charge < -0.3 is 15.4 Å². The van der Waals surface area contributed by atoms with E-state index in [1.54, 1.807) is 6.20 Å². The summed E-state index contributed by atoms with van der Waals surface area (Å²) in [6, 6.07) is 0.400. The Morgan fingerprint density at radius 2 is 1.96 bits per heavy atom. The summed E-state index contributed by atoms with van der Waals surface area (Å²) in [6.07, 6.45) is 6.84. The second-order valence-corrected chi connectivity index (χ2v) is 6.84. The van der Waals surface area contributed by atoms with Crippen molar-refractivity contribution in [3.8, 4) is 0 Å². The van der Waals surface area contributed by atoms with Gasteiger partial charge in [0.25, 0.3) is 5.91 Å². The summed E-state index contributed by atoms with van der Waals surface area (Å²) in [6.45, 7) is 4.18. The van der Waals surface area contributed by atoms with Gasteiger partial charge in [-0.1, -0.05) is 5.21 Å². The van der Waals surface area contributed by atoms with Gasteiger partial charge in [-0.2, -0.15) is 0 Å². The summed E-state index contributed by atoms with van der Waals surface area (Å²) < 4.78 is 6.89. The number of carbonyl (C=O) groups excluding carboxylic acids is 2. The third kappa shape index (κ3) is 4.56. The highest BCUT2D eigenvalue weighted by atomic mass is 16.5. The summed E-state index contributed by atoms with van der Waals surface area (Å²) >= 11 is 0. The van der Waals surface area contributed by atoms with Crippen LogP contribution in [0, 0.1) is 5.92 Å². The molecule has 1 aliphatic carbocycles. The minimum Gasteiger partial charge on any atom is -0.466 e. The highest BCUT2D eigenvalue weighted by Crippen LogP contribution is 2.25. The standard InChI is InChI=1S/C17H27N5O3/c1-2-25-17(24)12-3-5-13(6-4-12)19-16(23)15-11-22(21-20-15)14-7-9-18-10-8-14/h11-14,18H,2-10H2,1H3,(H,19,23). The lowest BCUT2D eigenvalue weighted by Gasteiger charge is -2.27. The van der Waals surface area contributed by atoms with Gasteiger partial charge in [0.15, 0.2) is 5.69 Å². The molecule has 138 valence electrons. The van der Waals surface area contributed by atoms with Gasteiger partial charge in [-0.3, -0.25) is 9.59 Å². The van der Waals surface area contributed by atoms with E-state index in [0.29, 0.717) is 18.3 Å². The van der Waals surface area contributed by atoms with Gasteiger partial charge in [0.2, 0.25) is 0 Å². The number of hydrogen-bond acceptors (Lipinski definition) is 6. The largest absolute Gasteiger partial charge is 0.466 e. The van der Waals surface area contributed by atoms with Gasteiger partial charge >= 0.3 is 5.97 Å². The van der Waals surface area contributed by atoms with Crippen molar-refractivity contribution < 1.29 is 14.3 Å². The minimum absolute atomic E-state index is 0.0334. The van der Waals surface area contributed by atoms with E-state index >= 15 is 0 Å². The molecule has 0 spiro atoms. The molecular formula is C17H27N5O3. The molecule has 2 N–H and O–H groups in total. The molecule has 1 aliphatic heterocycles. The van der Waals surface area contributed by atoms with E-state index in [4.69, 9.17) is 4.74 Å². The van der Waals surface area contributed by atoms with Crippen molar-refractivity contribution in [2.75, 3.05) is 19.7 Å². The van der Waals surface area contributed by atoms with Crippen LogP contribution in [0.15, 0.2) is 6.20 Å². The lowest BCUT2D eigenvalue weighted by molar-refractivity contribution is -0.149. The SMILES string of the molecule is CCOC(=O)C1CCC(NC(=O)c2cn(C3CCNCC3)nn2)CC1. The van der Waals surface area contributed by atoms with Gasteiger partial charge in [-0.15, -0.1) is 5.10 Å². The molecule has 2 fully saturated rings. The maximum absolute atomic E-state index is 12.4. The fourth-order valence-electron chi connectivity index (χ4n) is 3.62. The molecule has 0 bridgehead atoms. The molecular weight excluding hydrogens is 322 g/mol. The van der Waals surface area contributed by atoms with Crippen LogP contribution in [-0.2, 0) is 9.53 Å². The predicted molar refractivity (Wildman–Crippen MR) is 91.0 cm³/mol. The molecule has 0 atom stereocenters. The van der Waals surface area contributed by atoms with E-state index in [2.05, 4.69) is 20.9 Å². The average Bonchev–Trinajstić information content (AvgIpc) is 3.13. The molecule has 1 aromatic rings. The molecule has 8 nitrogen and oxygen atoms in total. The van der Waals surface area contributed by atoms with Gasteiger partial charge in [0, 0.05) is 6.04 Å². The number of aromatic nitrogens is 3. The first kappa shape index (κ1) is 17.8. The molecule has 0 unspecified atom stereocenters. The molecule has 1 aromatic heterocycles. The van der Waals surface area contributed by atoms with Crippen LogP contribution in [-0.4, -0.2) is 52.6 Å². The molecule has 1 saturated heterocycles. The van der Waals surface area contributed by atoms with E-state index in [1.165, 1.54) is 0 Å². The van der Waals surface area contributed by atoms with E-state index in [-0.39, 0.29) is 23.8 Å². The van der Waals surface area contributed by atoms with Crippen LogP contribution in [0.3, 0.4) is 0 Å². The molecule has 0 radical (unpaired) electrons. The van der Waals surface area contributed by atoms with Crippen LogP contribution in [0.2, 0.25) is 0 Å². The van der Waals surface area contributed by atoms with E-state index in [0.717, 1.165) is 51.6 Å². The van der Waals surface area contributed by atoms with Gasteiger partial charge in [-0.05, 0) is 58.5 Å². The molecule has 8 heteroatoms. The zero-order chi connectivity index (χ0) is 17.6. The number of carbonyl (C=O) groups is 2. The van der Waals surface area contributed by atoms with Crippen molar-refractivity contribution >= 4 is 11.9 Å². The van der Waals surface area contributed by atoms with Crippen molar-refractivity contribution in [3.05, 3.63) is 11.9 Å². The topological polar surface area (TPSA) is 98.1 Å². The number of amides is 1. The normalized spacial score (nSPS) is 24.7. The first-order chi connectivity index (χ1) is 12.2. The maximum atomic E-state index is 12.4. The van der Waals surface area contributed by atoms with Crippen molar-refractivity contribution in [2.24, 2.45) is 5.92 Å². The quantitative estimate of drug-likeness (QED) is 0.771. The Balaban J connectivity index is 1.48. The molecule has 1 saturated carbocycles. The highest BCUT2D eigenvalue weighted by Gasteiger charge is 2.28. The van der Waals surface area contributed by atoms with Crippen LogP contribution in [0.4, 0.5) is 0 Å². The summed E-state index contributed by atoms with van der Waals surface area (Å²) in [5.74, 6) is -0.328. The zero-order valence-corrected chi connectivity index (χ0v) is 14.7. The summed E-state index contributed by atoms with van der Waals surface area (Å²) in [5.41, 5.74) is 0.367. The van der Waals surface area contributed by atoms with Crippen molar-refractivity contribution in [1.82, 2.24) is 25.6 Å². The number of hydrogen-bond donors (Lipinski definition) is 2. The molecule has 1 amide bonds. The second-order valence-electron chi connectivity index (χ2n) is 6.84.